The van der Waals surface area contributed by atoms with Gasteiger partial charge in [0.15, 0.2) is 11.6 Å². The summed E-state index contributed by atoms with van der Waals surface area (Å²) in [4.78, 5) is 27.1. The highest BCUT2D eigenvalue weighted by Crippen LogP contribution is 2.23. The van der Waals surface area contributed by atoms with Crippen LogP contribution in [0, 0.1) is 5.92 Å². The topological polar surface area (TPSA) is 37.4 Å². The molecular formula is C22H24Cl3NO2. The Bertz CT molecular complexity index is 780. The molecule has 0 unspecified atom stereocenters. The smallest absolute Gasteiger partial charge is 0.166 e. The van der Waals surface area contributed by atoms with E-state index in [2.05, 4.69) is 4.90 Å². The number of carbonyl (C=O) groups is 2. The average Bonchev–Trinajstić information content (AvgIpc) is 2.69. The van der Waals surface area contributed by atoms with Crippen molar-refractivity contribution in [1.29, 1.82) is 0 Å². The van der Waals surface area contributed by atoms with Gasteiger partial charge in [0.2, 0.25) is 0 Å². The van der Waals surface area contributed by atoms with Gasteiger partial charge in [-0.1, -0.05) is 23.2 Å². The van der Waals surface area contributed by atoms with Crippen molar-refractivity contribution in [3.05, 3.63) is 69.7 Å². The van der Waals surface area contributed by atoms with E-state index in [-0.39, 0.29) is 29.9 Å². The van der Waals surface area contributed by atoms with Crippen molar-refractivity contribution in [3.63, 3.8) is 0 Å². The van der Waals surface area contributed by atoms with E-state index in [4.69, 9.17) is 23.2 Å². The maximum absolute atomic E-state index is 12.6. The van der Waals surface area contributed by atoms with Gasteiger partial charge in [-0.25, -0.2) is 0 Å². The fraction of sp³-hybridized carbons (Fsp3) is 0.364. The van der Waals surface area contributed by atoms with Crippen LogP contribution in [-0.4, -0.2) is 36.1 Å². The van der Waals surface area contributed by atoms with Gasteiger partial charge in [-0.05, 0) is 87.4 Å². The van der Waals surface area contributed by atoms with Crippen LogP contribution in [0.3, 0.4) is 0 Å². The molecule has 1 fully saturated rings. The van der Waals surface area contributed by atoms with Gasteiger partial charge < -0.3 is 4.90 Å². The van der Waals surface area contributed by atoms with Crippen molar-refractivity contribution < 1.29 is 9.59 Å². The molecule has 1 heterocycles. The summed E-state index contributed by atoms with van der Waals surface area (Å²) in [6, 6.07) is 14.2. The van der Waals surface area contributed by atoms with E-state index in [0.29, 0.717) is 22.0 Å². The first kappa shape index (κ1) is 22.9. The number of piperidine rings is 1. The maximum Gasteiger partial charge on any atom is 0.166 e. The number of benzene rings is 2. The largest absolute Gasteiger partial charge is 0.303 e. The van der Waals surface area contributed by atoms with Crippen LogP contribution in [0.5, 0.6) is 0 Å². The molecule has 3 nitrogen and oxygen atoms in total. The predicted molar refractivity (Wildman–Crippen MR) is 117 cm³/mol. The Morgan fingerprint density at radius 2 is 1.36 bits per heavy atom. The zero-order chi connectivity index (χ0) is 19.2. The molecule has 0 aliphatic carbocycles. The standard InChI is InChI=1S/C22H23Cl2NO2.ClH/c23-19-7-3-16(4-8-19)21(26)2-1-13-25-14-11-18(12-15-25)22(27)17-5-9-20(24)10-6-17;/h3-10,18H,1-2,11-15H2;1H. The van der Waals surface area contributed by atoms with E-state index < -0.39 is 0 Å². The number of halogens is 3. The SMILES string of the molecule is Cl.O=C(CCCN1CCC(C(=O)c2ccc(Cl)cc2)CC1)c1ccc(Cl)cc1. The number of Topliss-reactive ketones (excluding diaryl/α,β-unsaturated/α-hetero) is 2. The number of likely N-dealkylation sites (tertiary alicyclic amines) is 1. The Balaban J connectivity index is 0.00000280. The Labute approximate surface area is 182 Å². The van der Waals surface area contributed by atoms with E-state index in [0.717, 1.165) is 44.5 Å². The van der Waals surface area contributed by atoms with Crippen LogP contribution in [-0.2, 0) is 0 Å². The number of hydrogen-bond donors (Lipinski definition) is 0. The van der Waals surface area contributed by atoms with Crippen molar-refractivity contribution >= 4 is 47.2 Å². The van der Waals surface area contributed by atoms with Gasteiger partial charge in [-0.2, -0.15) is 0 Å². The molecule has 1 saturated heterocycles. The summed E-state index contributed by atoms with van der Waals surface area (Å²) < 4.78 is 0. The number of rotatable bonds is 7. The molecular weight excluding hydrogens is 417 g/mol. The van der Waals surface area contributed by atoms with Gasteiger partial charge in [-0.15, -0.1) is 12.4 Å². The maximum atomic E-state index is 12.6. The van der Waals surface area contributed by atoms with Gasteiger partial charge in [0, 0.05) is 33.5 Å². The second kappa shape index (κ2) is 11.0. The first-order chi connectivity index (χ1) is 13.0. The highest BCUT2D eigenvalue weighted by molar-refractivity contribution is 6.31. The third-order valence-electron chi connectivity index (χ3n) is 5.13. The van der Waals surface area contributed by atoms with E-state index in [1.54, 1.807) is 48.5 Å². The molecule has 0 aromatic heterocycles. The highest BCUT2D eigenvalue weighted by Gasteiger charge is 2.25. The van der Waals surface area contributed by atoms with Crippen molar-refractivity contribution in [2.45, 2.75) is 25.7 Å². The lowest BCUT2D eigenvalue weighted by Gasteiger charge is -2.31. The molecule has 150 valence electrons. The van der Waals surface area contributed by atoms with Gasteiger partial charge in [0.05, 0.1) is 0 Å². The van der Waals surface area contributed by atoms with Crippen LogP contribution in [0.15, 0.2) is 48.5 Å². The lowest BCUT2D eigenvalue weighted by atomic mass is 9.89. The van der Waals surface area contributed by atoms with Gasteiger partial charge >= 0.3 is 0 Å². The van der Waals surface area contributed by atoms with Crippen molar-refractivity contribution in [2.24, 2.45) is 5.92 Å². The predicted octanol–water partition coefficient (Wildman–Crippen LogP) is 5.97. The third-order valence-corrected chi connectivity index (χ3v) is 5.64. The molecule has 0 atom stereocenters. The number of ketones is 2. The summed E-state index contributed by atoms with van der Waals surface area (Å²) in [7, 11) is 0. The van der Waals surface area contributed by atoms with Gasteiger partial charge in [0.25, 0.3) is 0 Å². The van der Waals surface area contributed by atoms with Crippen molar-refractivity contribution in [2.75, 3.05) is 19.6 Å². The summed E-state index contributed by atoms with van der Waals surface area (Å²) in [6.45, 7) is 2.69. The van der Waals surface area contributed by atoms with Crippen LogP contribution in [0.1, 0.15) is 46.4 Å². The summed E-state index contributed by atoms with van der Waals surface area (Å²) in [5.74, 6) is 0.446. The third kappa shape index (κ3) is 6.31. The van der Waals surface area contributed by atoms with Gasteiger partial charge in [0.1, 0.15) is 0 Å². The van der Waals surface area contributed by atoms with E-state index >= 15 is 0 Å². The second-order valence-corrected chi connectivity index (χ2v) is 7.89. The number of carbonyl (C=O) groups excluding carboxylic acids is 2. The monoisotopic (exact) mass is 439 g/mol. The molecule has 0 bridgehead atoms. The van der Waals surface area contributed by atoms with Gasteiger partial charge in [-0.3, -0.25) is 9.59 Å². The van der Waals surface area contributed by atoms with Crippen LogP contribution < -0.4 is 0 Å². The molecule has 0 radical (unpaired) electrons. The van der Waals surface area contributed by atoms with Crippen LogP contribution in [0.2, 0.25) is 10.0 Å². The quantitative estimate of drug-likeness (QED) is 0.497. The molecule has 0 spiro atoms. The minimum atomic E-state index is 0. The van der Waals surface area contributed by atoms with E-state index in [1.807, 2.05) is 0 Å². The van der Waals surface area contributed by atoms with E-state index in [9.17, 15) is 9.59 Å². The molecule has 2 aromatic carbocycles. The average molecular weight is 441 g/mol. The Hall–Kier alpha value is -1.39. The minimum Gasteiger partial charge on any atom is -0.303 e. The van der Waals surface area contributed by atoms with Crippen LogP contribution in [0.25, 0.3) is 0 Å². The van der Waals surface area contributed by atoms with Crippen LogP contribution in [0.4, 0.5) is 0 Å². The Morgan fingerprint density at radius 1 is 0.857 bits per heavy atom. The normalized spacial score (nSPS) is 15.1. The zero-order valence-corrected chi connectivity index (χ0v) is 17.9. The fourth-order valence-corrected chi connectivity index (χ4v) is 3.76. The molecule has 3 rings (SSSR count). The summed E-state index contributed by atoms with van der Waals surface area (Å²) in [5, 5.41) is 1.29. The van der Waals surface area contributed by atoms with Crippen molar-refractivity contribution in [3.8, 4) is 0 Å². The molecule has 6 heteroatoms. The Morgan fingerprint density at radius 3 is 1.89 bits per heavy atom. The summed E-state index contributed by atoms with van der Waals surface area (Å²) in [6.07, 6.45) is 3.10. The summed E-state index contributed by atoms with van der Waals surface area (Å²) in [5.41, 5.74) is 1.46. The molecule has 2 aromatic rings. The number of nitrogens with zero attached hydrogens (tertiary/aromatic N) is 1. The molecule has 28 heavy (non-hydrogen) atoms. The zero-order valence-electron chi connectivity index (χ0n) is 15.6. The molecule has 0 saturated carbocycles. The molecule has 0 amide bonds. The van der Waals surface area contributed by atoms with Crippen LogP contribution >= 0.6 is 35.6 Å². The van der Waals surface area contributed by atoms with E-state index in [1.165, 1.54) is 0 Å². The highest BCUT2D eigenvalue weighted by atomic mass is 35.5. The first-order valence-corrected chi connectivity index (χ1v) is 10.1. The van der Waals surface area contributed by atoms with Crippen molar-refractivity contribution in [1.82, 2.24) is 4.90 Å². The molecule has 1 aliphatic rings. The fourth-order valence-electron chi connectivity index (χ4n) is 3.51. The number of hydrogen-bond acceptors (Lipinski definition) is 3. The molecule has 1 aliphatic heterocycles. The minimum absolute atomic E-state index is 0. The summed E-state index contributed by atoms with van der Waals surface area (Å²) >= 11 is 11.7. The lowest BCUT2D eigenvalue weighted by molar-refractivity contribution is 0.0837. The lowest BCUT2D eigenvalue weighted by Crippen LogP contribution is -2.37. The second-order valence-electron chi connectivity index (χ2n) is 7.02. The first-order valence-electron chi connectivity index (χ1n) is 9.34. The molecule has 0 N–H and O–H groups in total. The Kier molecular flexibility index (Phi) is 8.97.